The zero-order chi connectivity index (χ0) is 18.2. The first-order valence-corrected chi connectivity index (χ1v) is 8.15. The lowest BCUT2D eigenvalue weighted by Gasteiger charge is -2.06. The molecule has 2 amide bonds. The van der Waals surface area contributed by atoms with E-state index in [1.54, 1.807) is 6.07 Å². The standard InChI is InChI=1S/C14H16N4O5S/c1-10(19)17-7-6-16-9-11(8-15)14(20)18-12-2-4-13(5-3-12)24(21,22)23/h2-5,9,16H,6-7H2,1H3,(H,17,19)(H,18,20)(H,21,22,23)/b11-9-. The molecule has 0 aromatic heterocycles. The van der Waals surface area contributed by atoms with E-state index in [-0.39, 0.29) is 22.1 Å². The Bertz CT molecular complexity index is 778. The Kier molecular flexibility index (Phi) is 6.91. The number of nitriles is 1. The molecule has 24 heavy (non-hydrogen) atoms. The number of nitrogens with zero attached hydrogens (tertiary/aromatic N) is 1. The Morgan fingerprint density at radius 1 is 1.25 bits per heavy atom. The van der Waals surface area contributed by atoms with Gasteiger partial charge in [-0.25, -0.2) is 0 Å². The summed E-state index contributed by atoms with van der Waals surface area (Å²) in [6.07, 6.45) is 1.21. The second-order valence-electron chi connectivity index (χ2n) is 4.56. The highest BCUT2D eigenvalue weighted by Crippen LogP contribution is 2.14. The number of hydrogen-bond donors (Lipinski definition) is 4. The third-order valence-corrected chi connectivity index (χ3v) is 3.53. The van der Waals surface area contributed by atoms with Crippen molar-refractivity contribution >= 4 is 27.6 Å². The highest BCUT2D eigenvalue weighted by atomic mass is 32.2. The minimum Gasteiger partial charge on any atom is -0.388 e. The Hall–Kier alpha value is -2.90. The summed E-state index contributed by atoms with van der Waals surface area (Å²) in [4.78, 5) is 22.3. The van der Waals surface area contributed by atoms with E-state index in [0.717, 1.165) is 12.1 Å². The van der Waals surface area contributed by atoms with Gasteiger partial charge in [0.05, 0.1) is 4.90 Å². The van der Waals surface area contributed by atoms with Gasteiger partial charge < -0.3 is 16.0 Å². The van der Waals surface area contributed by atoms with E-state index in [2.05, 4.69) is 16.0 Å². The third-order valence-electron chi connectivity index (χ3n) is 2.66. The van der Waals surface area contributed by atoms with Crippen molar-refractivity contribution in [1.29, 1.82) is 5.26 Å². The largest absolute Gasteiger partial charge is 0.388 e. The molecule has 0 saturated carbocycles. The molecule has 0 aliphatic rings. The average molecular weight is 352 g/mol. The van der Waals surface area contributed by atoms with Gasteiger partial charge in [0, 0.05) is 31.9 Å². The summed E-state index contributed by atoms with van der Waals surface area (Å²) in [5.41, 5.74) is 0.0588. The van der Waals surface area contributed by atoms with Crippen LogP contribution in [0.15, 0.2) is 40.9 Å². The monoisotopic (exact) mass is 352 g/mol. The molecule has 1 aromatic carbocycles. The van der Waals surface area contributed by atoms with E-state index in [4.69, 9.17) is 9.81 Å². The summed E-state index contributed by atoms with van der Waals surface area (Å²) in [5.74, 6) is -0.878. The number of anilines is 1. The van der Waals surface area contributed by atoms with Gasteiger partial charge in [-0.1, -0.05) is 0 Å². The molecule has 0 bridgehead atoms. The van der Waals surface area contributed by atoms with E-state index in [1.807, 2.05) is 0 Å². The van der Waals surface area contributed by atoms with Gasteiger partial charge in [-0.3, -0.25) is 14.1 Å². The predicted molar refractivity (Wildman–Crippen MR) is 85.3 cm³/mol. The molecular formula is C14H16N4O5S. The van der Waals surface area contributed by atoms with Gasteiger partial charge in [0.2, 0.25) is 5.91 Å². The molecule has 0 atom stereocenters. The number of nitrogens with one attached hydrogen (secondary N) is 3. The lowest BCUT2D eigenvalue weighted by atomic mass is 10.2. The number of amides is 2. The average Bonchev–Trinajstić information content (AvgIpc) is 2.50. The van der Waals surface area contributed by atoms with Crippen LogP contribution in [0, 0.1) is 11.3 Å². The fourth-order valence-corrected chi connectivity index (χ4v) is 2.02. The Balaban J connectivity index is 2.64. The maximum atomic E-state index is 11.9. The van der Waals surface area contributed by atoms with Crippen LogP contribution in [0.3, 0.4) is 0 Å². The Morgan fingerprint density at radius 2 is 1.88 bits per heavy atom. The van der Waals surface area contributed by atoms with Gasteiger partial charge >= 0.3 is 0 Å². The molecule has 0 aliphatic heterocycles. The summed E-state index contributed by atoms with van der Waals surface area (Å²) in [6, 6.07) is 6.51. The Labute approximate surface area is 139 Å². The van der Waals surface area contributed by atoms with Crippen molar-refractivity contribution in [3.63, 3.8) is 0 Å². The van der Waals surface area contributed by atoms with Crippen LogP contribution in [0.5, 0.6) is 0 Å². The molecule has 0 spiro atoms. The first-order valence-electron chi connectivity index (χ1n) is 6.71. The van der Waals surface area contributed by atoms with Crippen LogP contribution in [0.2, 0.25) is 0 Å². The fraction of sp³-hybridized carbons (Fsp3) is 0.214. The van der Waals surface area contributed by atoms with Gasteiger partial charge in [-0.15, -0.1) is 0 Å². The molecule has 10 heteroatoms. The van der Waals surface area contributed by atoms with E-state index < -0.39 is 16.0 Å². The SMILES string of the molecule is CC(=O)NCCN/C=C(/C#N)C(=O)Nc1ccc(S(=O)(=O)O)cc1. The molecule has 1 rings (SSSR count). The van der Waals surface area contributed by atoms with Crippen molar-refractivity contribution < 1.29 is 22.6 Å². The molecule has 1 aromatic rings. The second kappa shape index (κ2) is 8.66. The third kappa shape index (κ3) is 6.47. The molecule has 4 N–H and O–H groups in total. The lowest BCUT2D eigenvalue weighted by molar-refractivity contribution is -0.119. The summed E-state index contributed by atoms with van der Waals surface area (Å²) < 4.78 is 30.7. The molecule has 9 nitrogen and oxygen atoms in total. The van der Waals surface area contributed by atoms with Crippen LogP contribution in [0.25, 0.3) is 0 Å². The van der Waals surface area contributed by atoms with Gasteiger partial charge in [-0.05, 0) is 24.3 Å². The summed E-state index contributed by atoms with van der Waals surface area (Å²) in [6.45, 7) is 2.04. The zero-order valence-corrected chi connectivity index (χ0v) is 13.6. The first-order chi connectivity index (χ1) is 11.2. The van der Waals surface area contributed by atoms with Gasteiger partial charge in [0.1, 0.15) is 11.6 Å². The highest BCUT2D eigenvalue weighted by molar-refractivity contribution is 7.85. The van der Waals surface area contributed by atoms with Crippen molar-refractivity contribution in [2.24, 2.45) is 0 Å². The smallest absolute Gasteiger partial charge is 0.294 e. The van der Waals surface area contributed by atoms with Crippen molar-refractivity contribution in [3.05, 3.63) is 36.0 Å². The van der Waals surface area contributed by atoms with E-state index in [0.29, 0.717) is 13.1 Å². The summed E-state index contributed by atoms with van der Waals surface area (Å²) in [7, 11) is -4.31. The van der Waals surface area contributed by atoms with Crippen LogP contribution in [-0.4, -0.2) is 37.9 Å². The van der Waals surface area contributed by atoms with Crippen LogP contribution < -0.4 is 16.0 Å². The predicted octanol–water partition coefficient (Wildman–Crippen LogP) is 0.00498. The van der Waals surface area contributed by atoms with E-state index >= 15 is 0 Å². The maximum absolute atomic E-state index is 11.9. The van der Waals surface area contributed by atoms with E-state index in [1.165, 1.54) is 25.3 Å². The second-order valence-corrected chi connectivity index (χ2v) is 5.98. The Morgan fingerprint density at radius 3 is 2.38 bits per heavy atom. The number of rotatable bonds is 7. The molecule has 0 aliphatic carbocycles. The van der Waals surface area contributed by atoms with E-state index in [9.17, 15) is 18.0 Å². The van der Waals surface area contributed by atoms with Crippen molar-refractivity contribution in [3.8, 4) is 6.07 Å². The molecule has 0 unspecified atom stereocenters. The first kappa shape index (κ1) is 19.1. The lowest BCUT2D eigenvalue weighted by Crippen LogP contribution is -2.28. The highest BCUT2D eigenvalue weighted by Gasteiger charge is 2.11. The number of carbonyl (C=O) groups is 2. The molecule has 0 heterocycles. The molecule has 128 valence electrons. The van der Waals surface area contributed by atoms with Crippen LogP contribution >= 0.6 is 0 Å². The molecule has 0 fully saturated rings. The van der Waals surface area contributed by atoms with Crippen molar-refractivity contribution in [2.45, 2.75) is 11.8 Å². The fourth-order valence-electron chi connectivity index (χ4n) is 1.54. The van der Waals surface area contributed by atoms with Crippen molar-refractivity contribution in [2.75, 3.05) is 18.4 Å². The normalized spacial score (nSPS) is 11.3. The van der Waals surface area contributed by atoms with Crippen LogP contribution in [0.1, 0.15) is 6.92 Å². The summed E-state index contributed by atoms with van der Waals surface area (Å²) in [5, 5.41) is 16.6. The maximum Gasteiger partial charge on any atom is 0.294 e. The minimum atomic E-state index is -4.31. The molecule has 0 radical (unpaired) electrons. The molecule has 0 saturated heterocycles. The summed E-state index contributed by atoms with van der Waals surface area (Å²) >= 11 is 0. The molecular weight excluding hydrogens is 336 g/mol. The van der Waals surface area contributed by atoms with Gasteiger partial charge in [0.15, 0.2) is 0 Å². The van der Waals surface area contributed by atoms with Crippen LogP contribution in [0.4, 0.5) is 5.69 Å². The quantitative estimate of drug-likeness (QED) is 0.234. The van der Waals surface area contributed by atoms with Crippen molar-refractivity contribution in [1.82, 2.24) is 10.6 Å². The number of benzene rings is 1. The van der Waals surface area contributed by atoms with Crippen LogP contribution in [-0.2, 0) is 19.7 Å². The van der Waals surface area contributed by atoms with Gasteiger partial charge in [-0.2, -0.15) is 13.7 Å². The number of carbonyl (C=O) groups excluding carboxylic acids is 2. The minimum absolute atomic E-state index is 0.188. The number of hydrogen-bond acceptors (Lipinski definition) is 6. The zero-order valence-electron chi connectivity index (χ0n) is 12.7. The van der Waals surface area contributed by atoms with Gasteiger partial charge in [0.25, 0.3) is 16.0 Å². The topological polar surface area (TPSA) is 148 Å².